The van der Waals surface area contributed by atoms with Gasteiger partial charge in [-0.2, -0.15) is 0 Å². The number of methoxy groups -OCH3 is 1. The summed E-state index contributed by atoms with van der Waals surface area (Å²) in [4.78, 5) is 15.5. The Bertz CT molecular complexity index is 628. The molecule has 2 aromatic rings. The molecule has 2 rings (SSSR count). The number of halogens is 2. The summed E-state index contributed by atoms with van der Waals surface area (Å²) in [6.45, 7) is 1.75. The summed E-state index contributed by atoms with van der Waals surface area (Å²) in [5.74, 6) is -0.725. The molecule has 0 spiro atoms. The summed E-state index contributed by atoms with van der Waals surface area (Å²) in [7, 11) is 1.34. The maximum atomic E-state index is 13.8. The first kappa shape index (κ1) is 13.0. The molecule has 0 aliphatic rings. The minimum Gasteiger partial charge on any atom is -0.469 e. The summed E-state index contributed by atoms with van der Waals surface area (Å²) in [6, 6.07) is 5.15. The van der Waals surface area contributed by atoms with Gasteiger partial charge in [0.2, 0.25) is 0 Å². The number of rotatable bonds is 2. The van der Waals surface area contributed by atoms with Crippen molar-refractivity contribution in [2.75, 3.05) is 7.11 Å². The van der Waals surface area contributed by atoms with E-state index >= 15 is 0 Å². The zero-order valence-electron chi connectivity index (χ0n) is 9.96. The zero-order valence-corrected chi connectivity index (χ0v) is 11.5. The van der Waals surface area contributed by atoms with Crippen molar-refractivity contribution in [3.63, 3.8) is 0 Å². The molecule has 1 heterocycles. The third-order valence-corrected chi connectivity index (χ3v) is 3.35. The highest BCUT2D eigenvalue weighted by Gasteiger charge is 2.12. The maximum absolute atomic E-state index is 13.8. The van der Waals surface area contributed by atoms with Gasteiger partial charge in [0.25, 0.3) is 0 Å². The van der Waals surface area contributed by atoms with E-state index in [1.165, 1.54) is 7.11 Å². The second kappa shape index (κ2) is 5.02. The van der Waals surface area contributed by atoms with Gasteiger partial charge >= 0.3 is 5.97 Å². The number of nitrogens with zero attached hydrogens (tertiary/aromatic N) is 1. The third kappa shape index (κ3) is 2.36. The van der Waals surface area contributed by atoms with E-state index in [4.69, 9.17) is 0 Å². The van der Waals surface area contributed by atoms with Crippen LogP contribution in [0.15, 0.2) is 22.7 Å². The second-order valence-corrected chi connectivity index (χ2v) is 4.77. The van der Waals surface area contributed by atoms with Crippen molar-refractivity contribution < 1.29 is 13.9 Å². The lowest BCUT2D eigenvalue weighted by Crippen LogP contribution is -2.07. The van der Waals surface area contributed by atoms with Crippen LogP contribution < -0.4 is 0 Å². The Hall–Kier alpha value is -1.49. The molecular weight excluding hydrogens is 301 g/mol. The second-order valence-electron chi connectivity index (χ2n) is 3.92. The predicted molar refractivity (Wildman–Crippen MR) is 69.9 cm³/mol. The fourth-order valence-corrected chi connectivity index (χ4v) is 2.04. The van der Waals surface area contributed by atoms with E-state index in [9.17, 15) is 9.18 Å². The fourth-order valence-electron chi connectivity index (χ4n) is 1.72. The number of aryl methyl sites for hydroxylation is 1. The van der Waals surface area contributed by atoms with Crippen molar-refractivity contribution in [3.05, 3.63) is 39.7 Å². The van der Waals surface area contributed by atoms with Crippen molar-refractivity contribution in [1.82, 2.24) is 4.98 Å². The molecule has 94 valence electrons. The van der Waals surface area contributed by atoms with Crippen LogP contribution in [0.5, 0.6) is 0 Å². The molecule has 0 fully saturated rings. The highest BCUT2D eigenvalue weighted by atomic mass is 79.9. The van der Waals surface area contributed by atoms with Crippen LogP contribution in [-0.4, -0.2) is 18.1 Å². The van der Waals surface area contributed by atoms with Gasteiger partial charge in [0, 0.05) is 11.1 Å². The Labute approximate surface area is 112 Å². The molecule has 18 heavy (non-hydrogen) atoms. The SMILES string of the molecule is COC(=O)Cc1cc2ccc(Br)c(F)c2nc1C. The standard InChI is InChI=1S/C13H11BrFNO2/c1-7-9(6-11(17)18-2)5-8-3-4-10(14)12(15)13(8)16-7/h3-5H,6H2,1-2H3. The number of hydrogen-bond donors (Lipinski definition) is 0. The van der Waals surface area contributed by atoms with Gasteiger partial charge < -0.3 is 4.74 Å². The van der Waals surface area contributed by atoms with E-state index < -0.39 is 0 Å². The van der Waals surface area contributed by atoms with Crippen LogP contribution in [0.4, 0.5) is 4.39 Å². The zero-order chi connectivity index (χ0) is 13.3. The average Bonchev–Trinajstić information content (AvgIpc) is 2.36. The quantitative estimate of drug-likeness (QED) is 0.800. The van der Waals surface area contributed by atoms with E-state index in [2.05, 4.69) is 25.7 Å². The molecular formula is C13H11BrFNO2. The molecule has 0 aliphatic heterocycles. The Morgan fingerprint density at radius 1 is 1.50 bits per heavy atom. The molecule has 0 amide bonds. The van der Waals surface area contributed by atoms with Crippen LogP contribution in [0.2, 0.25) is 0 Å². The van der Waals surface area contributed by atoms with Gasteiger partial charge in [-0.15, -0.1) is 0 Å². The van der Waals surface area contributed by atoms with E-state index in [0.717, 1.165) is 5.56 Å². The molecule has 1 aromatic heterocycles. The van der Waals surface area contributed by atoms with Crippen molar-refractivity contribution in [2.24, 2.45) is 0 Å². The van der Waals surface area contributed by atoms with E-state index in [1.54, 1.807) is 25.1 Å². The van der Waals surface area contributed by atoms with Crippen LogP contribution in [-0.2, 0) is 16.0 Å². The summed E-state index contributed by atoms with van der Waals surface area (Å²) in [5.41, 5.74) is 1.68. The number of carbonyl (C=O) groups excluding carboxylic acids is 1. The van der Waals surface area contributed by atoms with Crippen molar-refractivity contribution in [2.45, 2.75) is 13.3 Å². The van der Waals surface area contributed by atoms with Crippen molar-refractivity contribution in [3.8, 4) is 0 Å². The number of esters is 1. The molecule has 0 bridgehead atoms. The highest BCUT2D eigenvalue weighted by molar-refractivity contribution is 9.10. The van der Waals surface area contributed by atoms with Crippen LogP contribution >= 0.6 is 15.9 Å². The average molecular weight is 312 g/mol. The number of aromatic nitrogens is 1. The molecule has 0 unspecified atom stereocenters. The smallest absolute Gasteiger partial charge is 0.310 e. The van der Waals surface area contributed by atoms with Gasteiger partial charge in [0.15, 0.2) is 5.82 Å². The first-order chi connectivity index (χ1) is 8.52. The Morgan fingerprint density at radius 3 is 2.89 bits per heavy atom. The van der Waals surface area contributed by atoms with Gasteiger partial charge in [-0.25, -0.2) is 9.37 Å². The molecule has 1 aromatic carbocycles. The van der Waals surface area contributed by atoms with Gasteiger partial charge in [-0.05, 0) is 40.5 Å². The summed E-state index contributed by atoms with van der Waals surface area (Å²) in [6.07, 6.45) is 0.142. The minimum atomic E-state index is -0.389. The Kier molecular flexibility index (Phi) is 3.61. The molecule has 3 nitrogen and oxygen atoms in total. The van der Waals surface area contributed by atoms with Crippen molar-refractivity contribution >= 4 is 32.8 Å². The van der Waals surface area contributed by atoms with Crippen LogP contribution in [0, 0.1) is 12.7 Å². The summed E-state index contributed by atoms with van der Waals surface area (Å²) >= 11 is 3.12. The number of benzene rings is 1. The Balaban J connectivity index is 2.56. The van der Waals surface area contributed by atoms with Crippen molar-refractivity contribution in [1.29, 1.82) is 0 Å². The van der Waals surface area contributed by atoms with E-state index in [0.29, 0.717) is 21.1 Å². The lowest BCUT2D eigenvalue weighted by molar-refractivity contribution is -0.139. The molecule has 0 radical (unpaired) electrons. The highest BCUT2D eigenvalue weighted by Crippen LogP contribution is 2.25. The topological polar surface area (TPSA) is 39.2 Å². The summed E-state index contributed by atoms with van der Waals surface area (Å²) in [5, 5.41) is 0.667. The van der Waals surface area contributed by atoms with E-state index in [-0.39, 0.29) is 18.2 Å². The van der Waals surface area contributed by atoms with Crippen LogP contribution in [0.25, 0.3) is 10.9 Å². The largest absolute Gasteiger partial charge is 0.469 e. The predicted octanol–water partition coefficient (Wildman–Crippen LogP) is 3.16. The molecule has 0 saturated carbocycles. The lowest BCUT2D eigenvalue weighted by atomic mass is 10.1. The number of carbonyl (C=O) groups is 1. The number of hydrogen-bond acceptors (Lipinski definition) is 3. The first-order valence-electron chi connectivity index (χ1n) is 5.34. The first-order valence-corrected chi connectivity index (χ1v) is 6.13. The molecule has 0 saturated heterocycles. The number of fused-ring (bicyclic) bond motifs is 1. The molecule has 0 N–H and O–H groups in total. The third-order valence-electron chi connectivity index (χ3n) is 2.74. The molecule has 0 atom stereocenters. The van der Waals surface area contributed by atoms with E-state index in [1.807, 2.05) is 0 Å². The minimum absolute atomic E-state index is 0.142. The Morgan fingerprint density at radius 2 is 2.22 bits per heavy atom. The molecule has 5 heteroatoms. The van der Waals surface area contributed by atoms with Gasteiger partial charge in [0.05, 0.1) is 18.0 Å². The van der Waals surface area contributed by atoms with Crippen LogP contribution in [0.3, 0.4) is 0 Å². The maximum Gasteiger partial charge on any atom is 0.310 e. The summed E-state index contributed by atoms with van der Waals surface area (Å²) < 4.78 is 18.8. The lowest BCUT2D eigenvalue weighted by Gasteiger charge is -2.07. The van der Waals surface area contributed by atoms with Gasteiger partial charge in [0.1, 0.15) is 5.52 Å². The number of ether oxygens (including phenoxy) is 1. The fraction of sp³-hybridized carbons (Fsp3) is 0.231. The number of pyridine rings is 1. The van der Waals surface area contributed by atoms with Gasteiger partial charge in [-0.3, -0.25) is 4.79 Å². The molecule has 0 aliphatic carbocycles. The normalized spacial score (nSPS) is 10.7. The van der Waals surface area contributed by atoms with Crippen LogP contribution in [0.1, 0.15) is 11.3 Å². The van der Waals surface area contributed by atoms with Gasteiger partial charge in [-0.1, -0.05) is 6.07 Å². The monoisotopic (exact) mass is 311 g/mol.